The zero-order chi connectivity index (χ0) is 13.5. The summed E-state index contributed by atoms with van der Waals surface area (Å²) in [6.45, 7) is 5.67. The predicted molar refractivity (Wildman–Crippen MR) is 80.3 cm³/mol. The maximum atomic E-state index is 5.33. The number of anilines is 2. The number of hydrogen-bond donors (Lipinski definition) is 1. The Bertz CT molecular complexity index is 464. The average Bonchev–Trinajstić information content (AvgIpc) is 2.86. The normalized spacial score (nSPS) is 20.5. The van der Waals surface area contributed by atoms with Crippen LogP contribution < -0.4 is 15.0 Å². The molecule has 0 aromatic heterocycles. The number of nitrogens with one attached hydrogen (secondary N) is 1. The summed E-state index contributed by atoms with van der Waals surface area (Å²) in [7, 11) is 1.73. The van der Waals surface area contributed by atoms with Crippen molar-refractivity contribution in [2.45, 2.75) is 51.1 Å². The van der Waals surface area contributed by atoms with Gasteiger partial charge in [0, 0.05) is 18.7 Å². The number of rotatable bonds is 2. The van der Waals surface area contributed by atoms with Gasteiger partial charge in [0.05, 0.1) is 24.0 Å². The zero-order valence-electron chi connectivity index (χ0n) is 12.2. The third-order valence-corrected chi connectivity index (χ3v) is 4.63. The van der Waals surface area contributed by atoms with E-state index >= 15 is 0 Å². The Morgan fingerprint density at radius 2 is 2.00 bits per heavy atom. The van der Waals surface area contributed by atoms with Gasteiger partial charge in [-0.05, 0) is 38.8 Å². The molecule has 3 nitrogen and oxygen atoms in total. The van der Waals surface area contributed by atoms with Crippen LogP contribution in [0.1, 0.15) is 39.5 Å². The zero-order valence-corrected chi connectivity index (χ0v) is 12.2. The fraction of sp³-hybridized carbons (Fsp3) is 0.625. The third-order valence-electron chi connectivity index (χ3n) is 4.63. The highest BCUT2D eigenvalue weighted by molar-refractivity contribution is 5.76. The lowest BCUT2D eigenvalue weighted by atomic mass is 9.89. The topological polar surface area (TPSA) is 24.5 Å². The standard InChI is InChI=1S/C16H24N2O/c1-12(2)18-15-7-6-13(19-3)10-14(15)17-11-16(18)8-4-5-9-16/h6-7,10,12,17H,4-5,8-9,11H2,1-3H3. The highest BCUT2D eigenvalue weighted by Gasteiger charge is 2.43. The van der Waals surface area contributed by atoms with Gasteiger partial charge < -0.3 is 15.0 Å². The Balaban J connectivity index is 2.04. The van der Waals surface area contributed by atoms with Gasteiger partial charge >= 0.3 is 0 Å². The van der Waals surface area contributed by atoms with E-state index in [4.69, 9.17) is 4.74 Å². The van der Waals surface area contributed by atoms with Gasteiger partial charge in [-0.2, -0.15) is 0 Å². The van der Waals surface area contributed by atoms with E-state index in [1.807, 2.05) is 0 Å². The number of fused-ring (bicyclic) bond motifs is 1. The van der Waals surface area contributed by atoms with Crippen LogP contribution in [0.4, 0.5) is 11.4 Å². The van der Waals surface area contributed by atoms with E-state index in [1.165, 1.54) is 37.1 Å². The number of hydrogen-bond acceptors (Lipinski definition) is 3. The smallest absolute Gasteiger partial charge is 0.121 e. The van der Waals surface area contributed by atoms with E-state index in [-0.39, 0.29) is 0 Å². The van der Waals surface area contributed by atoms with E-state index in [2.05, 4.69) is 42.3 Å². The molecular formula is C16H24N2O. The van der Waals surface area contributed by atoms with Crippen LogP contribution in [0.2, 0.25) is 0 Å². The van der Waals surface area contributed by atoms with Crippen molar-refractivity contribution >= 4 is 11.4 Å². The summed E-state index contributed by atoms with van der Waals surface area (Å²) in [5.74, 6) is 0.928. The Hall–Kier alpha value is -1.38. The molecule has 0 saturated heterocycles. The Morgan fingerprint density at radius 3 is 2.63 bits per heavy atom. The van der Waals surface area contributed by atoms with Gasteiger partial charge in [-0.15, -0.1) is 0 Å². The molecule has 1 aromatic carbocycles. The fourth-order valence-electron chi connectivity index (χ4n) is 3.87. The minimum atomic E-state index is 0.329. The number of benzene rings is 1. The molecule has 1 N–H and O–H groups in total. The molecule has 3 heteroatoms. The molecule has 0 amide bonds. The molecule has 1 heterocycles. The van der Waals surface area contributed by atoms with Crippen LogP contribution in [0.5, 0.6) is 5.75 Å². The molecule has 1 aromatic rings. The lowest BCUT2D eigenvalue weighted by Gasteiger charge is -2.50. The second-order valence-corrected chi connectivity index (χ2v) is 6.13. The van der Waals surface area contributed by atoms with E-state index in [0.717, 1.165) is 12.3 Å². The molecule has 1 spiro atoms. The highest BCUT2D eigenvalue weighted by Crippen LogP contribution is 2.46. The van der Waals surface area contributed by atoms with Crippen molar-refractivity contribution in [1.82, 2.24) is 0 Å². The van der Waals surface area contributed by atoms with E-state index in [0.29, 0.717) is 11.6 Å². The van der Waals surface area contributed by atoms with Crippen LogP contribution in [0, 0.1) is 0 Å². The van der Waals surface area contributed by atoms with Crippen molar-refractivity contribution in [3.8, 4) is 5.75 Å². The second-order valence-electron chi connectivity index (χ2n) is 6.13. The SMILES string of the molecule is COc1ccc2c(c1)NCC1(CCCC1)N2C(C)C. The molecule has 19 heavy (non-hydrogen) atoms. The van der Waals surface area contributed by atoms with Crippen molar-refractivity contribution in [2.75, 3.05) is 23.9 Å². The maximum Gasteiger partial charge on any atom is 0.121 e. The van der Waals surface area contributed by atoms with Gasteiger partial charge in [0.25, 0.3) is 0 Å². The molecule has 0 unspecified atom stereocenters. The van der Waals surface area contributed by atoms with E-state index in [9.17, 15) is 0 Å². The van der Waals surface area contributed by atoms with Crippen LogP contribution in [0.25, 0.3) is 0 Å². The monoisotopic (exact) mass is 260 g/mol. The van der Waals surface area contributed by atoms with Crippen molar-refractivity contribution in [2.24, 2.45) is 0 Å². The van der Waals surface area contributed by atoms with E-state index in [1.54, 1.807) is 7.11 Å². The summed E-state index contributed by atoms with van der Waals surface area (Å²) in [6, 6.07) is 6.93. The molecule has 0 radical (unpaired) electrons. The van der Waals surface area contributed by atoms with Crippen molar-refractivity contribution in [3.63, 3.8) is 0 Å². The molecule has 104 valence electrons. The molecule has 1 aliphatic carbocycles. The summed E-state index contributed by atoms with van der Waals surface area (Å²) < 4.78 is 5.33. The second kappa shape index (κ2) is 4.62. The van der Waals surface area contributed by atoms with Crippen LogP contribution in [0.3, 0.4) is 0 Å². The largest absolute Gasteiger partial charge is 0.497 e. The van der Waals surface area contributed by atoms with Gasteiger partial charge in [-0.25, -0.2) is 0 Å². The van der Waals surface area contributed by atoms with Gasteiger partial charge in [0.1, 0.15) is 5.75 Å². The first-order valence-corrected chi connectivity index (χ1v) is 7.37. The Labute approximate surface area is 115 Å². The third kappa shape index (κ3) is 1.96. The molecule has 1 saturated carbocycles. The number of nitrogens with zero attached hydrogens (tertiary/aromatic N) is 1. The highest BCUT2D eigenvalue weighted by atomic mass is 16.5. The van der Waals surface area contributed by atoms with Gasteiger partial charge in [0.15, 0.2) is 0 Å². The maximum absolute atomic E-state index is 5.33. The Kier molecular flexibility index (Phi) is 3.08. The van der Waals surface area contributed by atoms with Gasteiger partial charge in [-0.3, -0.25) is 0 Å². The molecule has 2 aliphatic rings. The molecule has 0 atom stereocenters. The lowest BCUT2D eigenvalue weighted by Crippen LogP contribution is -2.57. The molecular weight excluding hydrogens is 236 g/mol. The minimum Gasteiger partial charge on any atom is -0.497 e. The quantitative estimate of drug-likeness (QED) is 0.878. The van der Waals surface area contributed by atoms with Crippen LogP contribution in [0.15, 0.2) is 18.2 Å². The molecule has 1 aliphatic heterocycles. The minimum absolute atomic E-state index is 0.329. The molecule has 1 fully saturated rings. The molecule has 0 bridgehead atoms. The van der Waals surface area contributed by atoms with Crippen molar-refractivity contribution < 1.29 is 4.74 Å². The first-order chi connectivity index (χ1) is 9.16. The van der Waals surface area contributed by atoms with Crippen LogP contribution >= 0.6 is 0 Å². The predicted octanol–water partition coefficient (Wildman–Crippen LogP) is 3.65. The van der Waals surface area contributed by atoms with Gasteiger partial charge in [-0.1, -0.05) is 12.8 Å². The Morgan fingerprint density at radius 1 is 1.26 bits per heavy atom. The lowest BCUT2D eigenvalue weighted by molar-refractivity contribution is 0.379. The molecule has 3 rings (SSSR count). The van der Waals surface area contributed by atoms with Crippen LogP contribution in [-0.4, -0.2) is 25.2 Å². The first-order valence-electron chi connectivity index (χ1n) is 7.37. The van der Waals surface area contributed by atoms with Gasteiger partial charge in [0.2, 0.25) is 0 Å². The average molecular weight is 260 g/mol. The van der Waals surface area contributed by atoms with Crippen molar-refractivity contribution in [1.29, 1.82) is 0 Å². The van der Waals surface area contributed by atoms with E-state index < -0.39 is 0 Å². The fourth-order valence-corrected chi connectivity index (χ4v) is 3.87. The first kappa shape index (κ1) is 12.6. The summed E-state index contributed by atoms with van der Waals surface area (Å²) >= 11 is 0. The summed E-state index contributed by atoms with van der Waals surface area (Å²) in [4.78, 5) is 2.64. The summed E-state index contributed by atoms with van der Waals surface area (Å²) in [5.41, 5.74) is 2.88. The van der Waals surface area contributed by atoms with Crippen molar-refractivity contribution in [3.05, 3.63) is 18.2 Å². The number of methoxy groups -OCH3 is 1. The summed E-state index contributed by atoms with van der Waals surface area (Å²) in [6.07, 6.45) is 5.33. The van der Waals surface area contributed by atoms with Crippen LogP contribution in [-0.2, 0) is 0 Å². The number of ether oxygens (including phenoxy) is 1. The summed E-state index contributed by atoms with van der Waals surface area (Å²) in [5, 5.41) is 3.63.